The lowest BCUT2D eigenvalue weighted by atomic mass is 9.89. The fourth-order valence-corrected chi connectivity index (χ4v) is 3.73. The molecule has 1 aromatic heterocycles. The van der Waals surface area contributed by atoms with Gasteiger partial charge >= 0.3 is 5.97 Å². The van der Waals surface area contributed by atoms with Gasteiger partial charge in [0, 0.05) is 11.3 Å². The Morgan fingerprint density at radius 1 is 1.24 bits per heavy atom. The van der Waals surface area contributed by atoms with Crippen LogP contribution in [0.2, 0.25) is 0 Å². The number of carboxylic acid groups (broad SMARTS) is 1. The zero-order valence-electron chi connectivity index (χ0n) is 12.7. The van der Waals surface area contributed by atoms with Gasteiger partial charge in [-0.15, -0.1) is 11.3 Å². The predicted molar refractivity (Wildman–Crippen MR) is 84.9 cm³/mol. The van der Waals surface area contributed by atoms with Gasteiger partial charge in [0.2, 0.25) is 5.91 Å². The highest BCUT2D eigenvalue weighted by Crippen LogP contribution is 2.32. The van der Waals surface area contributed by atoms with Crippen LogP contribution in [0.25, 0.3) is 0 Å². The number of carboxylic acids is 1. The number of anilines is 1. The van der Waals surface area contributed by atoms with Gasteiger partial charge in [-0.1, -0.05) is 12.8 Å². The van der Waals surface area contributed by atoms with Gasteiger partial charge in [0.05, 0.1) is 10.4 Å². The van der Waals surface area contributed by atoms with E-state index in [1.54, 1.807) is 25.2 Å². The minimum atomic E-state index is -1.03. The highest BCUT2D eigenvalue weighted by molar-refractivity contribution is 7.16. The number of carbonyl (C=O) groups is 2. The number of hydrogen-bond donors (Lipinski definition) is 2. The topological polar surface area (TPSA) is 66.4 Å². The summed E-state index contributed by atoms with van der Waals surface area (Å²) in [5, 5.41) is 12.8. The van der Waals surface area contributed by atoms with Crippen LogP contribution in [0.3, 0.4) is 0 Å². The van der Waals surface area contributed by atoms with Crippen LogP contribution < -0.4 is 5.32 Å². The van der Waals surface area contributed by atoms with E-state index in [0.29, 0.717) is 0 Å². The number of aliphatic carboxylic acids is 1. The second kappa shape index (κ2) is 6.60. The lowest BCUT2D eigenvalue weighted by molar-refractivity contribution is -0.148. The van der Waals surface area contributed by atoms with Crippen molar-refractivity contribution >= 4 is 28.2 Å². The van der Waals surface area contributed by atoms with Gasteiger partial charge in [0.15, 0.2) is 0 Å². The van der Waals surface area contributed by atoms with Crippen molar-refractivity contribution in [2.75, 3.05) is 5.32 Å². The van der Waals surface area contributed by atoms with Gasteiger partial charge in [-0.2, -0.15) is 0 Å². The second-order valence-electron chi connectivity index (χ2n) is 6.39. The van der Waals surface area contributed by atoms with Gasteiger partial charge in [-0.05, 0) is 51.2 Å². The molecule has 4 nitrogen and oxygen atoms in total. The van der Waals surface area contributed by atoms with Crippen molar-refractivity contribution in [3.63, 3.8) is 0 Å². The molecule has 21 heavy (non-hydrogen) atoms. The number of thiophene rings is 1. The van der Waals surface area contributed by atoms with Crippen molar-refractivity contribution in [1.82, 2.24) is 0 Å². The first-order valence-corrected chi connectivity index (χ1v) is 8.35. The quantitative estimate of drug-likeness (QED) is 0.888. The summed E-state index contributed by atoms with van der Waals surface area (Å²) >= 11 is 1.64. The Morgan fingerprint density at radius 3 is 2.57 bits per heavy atom. The Labute approximate surface area is 129 Å². The van der Waals surface area contributed by atoms with Gasteiger partial charge < -0.3 is 10.4 Å². The number of rotatable bonds is 4. The molecule has 1 aliphatic rings. The largest absolute Gasteiger partial charge is 0.481 e. The molecule has 0 bridgehead atoms. The van der Waals surface area contributed by atoms with Crippen molar-refractivity contribution in [3.8, 4) is 0 Å². The molecule has 1 heterocycles. The summed E-state index contributed by atoms with van der Waals surface area (Å²) in [5.74, 6) is -1.17. The minimum absolute atomic E-state index is 0.00903. The van der Waals surface area contributed by atoms with Crippen LogP contribution in [0.4, 0.5) is 5.00 Å². The van der Waals surface area contributed by atoms with Crippen molar-refractivity contribution in [2.45, 2.75) is 58.8 Å². The van der Waals surface area contributed by atoms with E-state index < -0.39 is 11.4 Å². The summed E-state index contributed by atoms with van der Waals surface area (Å²) in [6.07, 6.45) is 7.16. The zero-order chi connectivity index (χ0) is 15.5. The molecule has 1 aromatic rings. The first-order valence-electron chi connectivity index (χ1n) is 7.53. The Kier molecular flexibility index (Phi) is 5.04. The summed E-state index contributed by atoms with van der Waals surface area (Å²) < 4.78 is 0. The van der Waals surface area contributed by atoms with Gasteiger partial charge in [0.25, 0.3) is 0 Å². The molecule has 0 fully saturated rings. The predicted octanol–water partition coefficient (Wildman–Crippen LogP) is 3.85. The van der Waals surface area contributed by atoms with Crippen LogP contribution in [-0.2, 0) is 22.4 Å². The van der Waals surface area contributed by atoms with Crippen LogP contribution in [0, 0.1) is 5.41 Å². The number of nitrogens with one attached hydrogen (secondary N) is 1. The minimum Gasteiger partial charge on any atom is -0.481 e. The standard InChI is InChI=1S/C16H23NO3S/c1-16(2,15(19)20)10-13(18)17-14-9-11-7-5-3-4-6-8-12(11)21-14/h9H,3-8,10H2,1-2H3,(H,17,18)(H,19,20). The summed E-state index contributed by atoms with van der Waals surface area (Å²) in [5.41, 5.74) is 0.322. The van der Waals surface area contributed by atoms with Gasteiger partial charge in [0.1, 0.15) is 0 Å². The fraction of sp³-hybridized carbons (Fsp3) is 0.625. The molecule has 116 valence electrons. The van der Waals surface area contributed by atoms with Crippen LogP contribution >= 0.6 is 11.3 Å². The van der Waals surface area contributed by atoms with Crippen molar-refractivity contribution in [2.24, 2.45) is 5.41 Å². The molecular weight excluding hydrogens is 286 g/mol. The molecule has 0 aromatic carbocycles. The normalized spacial score (nSPS) is 15.7. The fourth-order valence-electron chi connectivity index (χ4n) is 2.56. The molecule has 1 amide bonds. The molecule has 0 radical (unpaired) electrons. The number of amides is 1. The average Bonchev–Trinajstić information content (AvgIpc) is 2.69. The third-order valence-corrected chi connectivity index (χ3v) is 5.09. The first kappa shape index (κ1) is 16.0. The third kappa shape index (κ3) is 4.30. The van der Waals surface area contributed by atoms with E-state index in [1.807, 2.05) is 0 Å². The summed E-state index contributed by atoms with van der Waals surface area (Å²) in [6.45, 7) is 3.14. The second-order valence-corrected chi connectivity index (χ2v) is 7.52. The molecular formula is C16H23NO3S. The summed E-state index contributed by atoms with van der Waals surface area (Å²) in [4.78, 5) is 24.5. The van der Waals surface area contributed by atoms with Crippen LogP contribution in [0.15, 0.2) is 6.07 Å². The Hall–Kier alpha value is -1.36. The SMILES string of the molecule is CC(C)(CC(=O)Nc1cc2c(s1)CCCCCC2)C(=O)O. The van der Waals surface area contributed by atoms with E-state index >= 15 is 0 Å². The number of aryl methyl sites for hydroxylation is 2. The van der Waals surface area contributed by atoms with Crippen molar-refractivity contribution < 1.29 is 14.7 Å². The molecule has 0 spiro atoms. The lowest BCUT2D eigenvalue weighted by Crippen LogP contribution is -2.29. The smallest absolute Gasteiger partial charge is 0.309 e. The number of hydrogen-bond acceptors (Lipinski definition) is 3. The van der Waals surface area contributed by atoms with Crippen molar-refractivity contribution in [3.05, 3.63) is 16.5 Å². The highest BCUT2D eigenvalue weighted by Gasteiger charge is 2.30. The van der Waals surface area contributed by atoms with Gasteiger partial charge in [-0.25, -0.2) is 0 Å². The molecule has 0 unspecified atom stereocenters. The van der Waals surface area contributed by atoms with E-state index in [2.05, 4.69) is 11.4 Å². The van der Waals surface area contributed by atoms with Gasteiger partial charge in [-0.3, -0.25) is 9.59 Å². The van der Waals surface area contributed by atoms with E-state index in [1.165, 1.54) is 36.1 Å². The lowest BCUT2D eigenvalue weighted by Gasteiger charge is -2.17. The van der Waals surface area contributed by atoms with Crippen LogP contribution in [0.5, 0.6) is 0 Å². The molecule has 0 saturated heterocycles. The molecule has 0 aliphatic heterocycles. The van der Waals surface area contributed by atoms with Crippen LogP contribution in [0.1, 0.15) is 56.4 Å². The molecule has 1 aliphatic carbocycles. The van der Waals surface area contributed by atoms with Crippen LogP contribution in [-0.4, -0.2) is 17.0 Å². The maximum atomic E-state index is 12.0. The molecule has 0 saturated carbocycles. The zero-order valence-corrected chi connectivity index (χ0v) is 13.5. The average molecular weight is 309 g/mol. The summed E-state index contributed by atoms with van der Waals surface area (Å²) in [6, 6.07) is 2.07. The third-order valence-electron chi connectivity index (χ3n) is 3.94. The van der Waals surface area contributed by atoms with Crippen molar-refractivity contribution in [1.29, 1.82) is 0 Å². The number of fused-ring (bicyclic) bond motifs is 1. The summed E-state index contributed by atoms with van der Waals surface area (Å²) in [7, 11) is 0. The highest BCUT2D eigenvalue weighted by atomic mass is 32.1. The number of carbonyl (C=O) groups excluding carboxylic acids is 1. The Morgan fingerprint density at radius 2 is 1.90 bits per heavy atom. The first-order chi connectivity index (χ1) is 9.88. The monoisotopic (exact) mass is 309 g/mol. The van der Waals surface area contributed by atoms with E-state index in [0.717, 1.165) is 17.8 Å². The maximum Gasteiger partial charge on any atom is 0.309 e. The maximum absolute atomic E-state index is 12.0. The Bertz CT molecular complexity index is 508. The molecule has 0 atom stereocenters. The molecule has 2 N–H and O–H groups in total. The van der Waals surface area contributed by atoms with E-state index in [4.69, 9.17) is 5.11 Å². The molecule has 2 rings (SSSR count). The molecule has 5 heteroatoms. The Balaban J connectivity index is 2.01. The van der Waals surface area contributed by atoms with E-state index in [-0.39, 0.29) is 12.3 Å². The van der Waals surface area contributed by atoms with E-state index in [9.17, 15) is 9.59 Å².